The highest BCUT2D eigenvalue weighted by atomic mass is 32.2. The van der Waals surface area contributed by atoms with Gasteiger partial charge in [-0.2, -0.15) is 0 Å². The first-order chi connectivity index (χ1) is 7.04. The van der Waals surface area contributed by atoms with E-state index in [4.69, 9.17) is 0 Å². The van der Waals surface area contributed by atoms with Crippen LogP contribution in [0.5, 0.6) is 0 Å². The van der Waals surface area contributed by atoms with E-state index < -0.39 is 9.84 Å². The fourth-order valence-electron chi connectivity index (χ4n) is 1.25. The van der Waals surface area contributed by atoms with Crippen LogP contribution >= 0.6 is 0 Å². The molecule has 0 fully saturated rings. The van der Waals surface area contributed by atoms with Crippen molar-refractivity contribution in [2.24, 2.45) is 0 Å². The molecule has 0 aliphatic heterocycles. The lowest BCUT2D eigenvalue weighted by molar-refractivity contribution is 0.590. The van der Waals surface area contributed by atoms with Gasteiger partial charge in [0.15, 0.2) is 0 Å². The lowest BCUT2D eigenvalue weighted by atomic mass is 10.1. The summed E-state index contributed by atoms with van der Waals surface area (Å²) >= 11 is 0. The van der Waals surface area contributed by atoms with Crippen LogP contribution in [0.2, 0.25) is 0 Å². The van der Waals surface area contributed by atoms with E-state index in [9.17, 15) is 8.42 Å². The zero-order valence-electron chi connectivity index (χ0n) is 9.10. The summed E-state index contributed by atoms with van der Waals surface area (Å²) < 4.78 is 22.4. The number of hydrogen-bond donors (Lipinski definition) is 0. The van der Waals surface area contributed by atoms with Crippen molar-refractivity contribution in [2.45, 2.75) is 37.8 Å². The smallest absolute Gasteiger partial charge is 0.227 e. The van der Waals surface area contributed by atoms with Gasteiger partial charge in [-0.25, -0.2) is 18.4 Å². The minimum atomic E-state index is -3.28. The molecule has 0 spiro atoms. The molecule has 0 aliphatic rings. The summed E-state index contributed by atoms with van der Waals surface area (Å²) in [6, 6.07) is 1.77. The Morgan fingerprint density at radius 3 is 2.67 bits per heavy atom. The molecular weight excluding hydrogens is 212 g/mol. The van der Waals surface area contributed by atoms with Gasteiger partial charge >= 0.3 is 0 Å². The zero-order chi connectivity index (χ0) is 11.3. The fraction of sp³-hybridized carbons (Fsp3) is 0.600. The molecule has 0 radical (unpaired) electrons. The highest BCUT2D eigenvalue weighted by Gasteiger charge is 2.10. The molecule has 1 aromatic heterocycles. The van der Waals surface area contributed by atoms with E-state index >= 15 is 0 Å². The molecule has 0 saturated carbocycles. The van der Waals surface area contributed by atoms with E-state index in [1.54, 1.807) is 6.07 Å². The third-order valence-corrected chi connectivity index (χ3v) is 2.92. The number of hydrogen-bond acceptors (Lipinski definition) is 4. The van der Waals surface area contributed by atoms with Crippen LogP contribution in [0.25, 0.3) is 0 Å². The average molecular weight is 228 g/mol. The summed E-state index contributed by atoms with van der Waals surface area (Å²) in [5.74, 6) is 0. The molecule has 5 heteroatoms. The third kappa shape index (κ3) is 3.95. The summed E-state index contributed by atoms with van der Waals surface area (Å²) in [6.45, 7) is 2.13. The second-order valence-electron chi connectivity index (χ2n) is 3.56. The molecule has 0 bridgehead atoms. The zero-order valence-corrected chi connectivity index (χ0v) is 9.92. The predicted molar refractivity (Wildman–Crippen MR) is 58.4 cm³/mol. The molecule has 1 rings (SSSR count). The van der Waals surface area contributed by atoms with Gasteiger partial charge in [0.05, 0.1) is 0 Å². The Balaban J connectivity index is 2.75. The van der Waals surface area contributed by atoms with Crippen molar-refractivity contribution < 1.29 is 8.42 Å². The van der Waals surface area contributed by atoms with E-state index in [2.05, 4.69) is 16.9 Å². The highest BCUT2D eigenvalue weighted by molar-refractivity contribution is 7.90. The fourth-order valence-corrected chi connectivity index (χ4v) is 1.79. The number of unbranched alkanes of at least 4 members (excludes halogenated alkanes) is 2. The van der Waals surface area contributed by atoms with Crippen LogP contribution in [0, 0.1) is 0 Å². The molecule has 0 atom stereocenters. The Kier molecular flexibility index (Phi) is 4.20. The van der Waals surface area contributed by atoms with Crippen LogP contribution in [-0.4, -0.2) is 24.6 Å². The van der Waals surface area contributed by atoms with E-state index in [1.807, 2.05) is 0 Å². The summed E-state index contributed by atoms with van der Waals surface area (Å²) in [4.78, 5) is 7.76. The van der Waals surface area contributed by atoms with E-state index in [0.717, 1.165) is 37.6 Å². The van der Waals surface area contributed by atoms with Crippen LogP contribution in [0.3, 0.4) is 0 Å². The van der Waals surface area contributed by atoms with Gasteiger partial charge in [-0.05, 0) is 18.9 Å². The molecule has 0 unspecified atom stereocenters. The molecule has 4 nitrogen and oxygen atoms in total. The van der Waals surface area contributed by atoms with Crippen LogP contribution in [-0.2, 0) is 16.3 Å². The third-order valence-electron chi connectivity index (χ3n) is 2.06. The Labute approximate surface area is 90.7 Å². The van der Waals surface area contributed by atoms with Crippen molar-refractivity contribution in [1.82, 2.24) is 9.97 Å². The standard InChI is InChI=1S/C10H16N2O2S/c1-3-4-5-6-9-7-8-11-10(12-9)15(2,13)14/h7-8H,3-6H2,1-2H3. The monoisotopic (exact) mass is 228 g/mol. The topological polar surface area (TPSA) is 59.9 Å². The van der Waals surface area contributed by atoms with Gasteiger partial charge in [-0.15, -0.1) is 0 Å². The van der Waals surface area contributed by atoms with Gasteiger partial charge < -0.3 is 0 Å². The molecule has 0 saturated heterocycles. The normalized spacial score (nSPS) is 11.6. The SMILES string of the molecule is CCCCCc1ccnc(S(C)(=O)=O)n1. The first-order valence-corrected chi connectivity index (χ1v) is 6.95. The second kappa shape index (κ2) is 5.21. The minimum absolute atomic E-state index is 0.0727. The van der Waals surface area contributed by atoms with Crippen molar-refractivity contribution in [3.05, 3.63) is 18.0 Å². The molecule has 0 aliphatic carbocycles. The Hall–Kier alpha value is -0.970. The Bertz CT molecular complexity index is 415. The van der Waals surface area contributed by atoms with Gasteiger partial charge in [0, 0.05) is 18.1 Å². The quantitative estimate of drug-likeness (QED) is 0.567. The van der Waals surface area contributed by atoms with Crippen molar-refractivity contribution in [3.63, 3.8) is 0 Å². The lowest BCUT2D eigenvalue weighted by Crippen LogP contribution is -2.05. The maximum Gasteiger partial charge on any atom is 0.246 e. The molecule has 1 heterocycles. The van der Waals surface area contributed by atoms with Crippen LogP contribution in [0.15, 0.2) is 17.4 Å². The molecule has 84 valence electrons. The Morgan fingerprint density at radius 1 is 1.33 bits per heavy atom. The van der Waals surface area contributed by atoms with Gasteiger partial charge in [-0.3, -0.25) is 0 Å². The van der Waals surface area contributed by atoms with Crippen molar-refractivity contribution in [2.75, 3.05) is 6.26 Å². The van der Waals surface area contributed by atoms with Gasteiger partial charge in [-0.1, -0.05) is 19.8 Å². The Morgan fingerprint density at radius 2 is 2.07 bits per heavy atom. The summed E-state index contributed by atoms with van der Waals surface area (Å²) in [7, 11) is -3.28. The summed E-state index contributed by atoms with van der Waals surface area (Å²) in [5, 5.41) is -0.0727. The predicted octanol–water partition coefficient (Wildman–Crippen LogP) is 1.61. The maximum absolute atomic E-state index is 11.2. The van der Waals surface area contributed by atoms with Gasteiger partial charge in [0.25, 0.3) is 0 Å². The molecule has 0 N–H and O–H groups in total. The molecule has 0 aromatic carbocycles. The second-order valence-corrected chi connectivity index (χ2v) is 5.47. The first kappa shape index (κ1) is 12.1. The number of sulfone groups is 1. The van der Waals surface area contributed by atoms with Gasteiger partial charge in [0.1, 0.15) is 0 Å². The van der Waals surface area contributed by atoms with Crippen LogP contribution in [0.1, 0.15) is 31.9 Å². The van der Waals surface area contributed by atoms with Crippen molar-refractivity contribution >= 4 is 9.84 Å². The van der Waals surface area contributed by atoms with E-state index in [0.29, 0.717) is 0 Å². The minimum Gasteiger partial charge on any atom is -0.227 e. The van der Waals surface area contributed by atoms with Crippen molar-refractivity contribution in [3.8, 4) is 0 Å². The maximum atomic E-state index is 11.2. The van der Waals surface area contributed by atoms with Crippen LogP contribution < -0.4 is 0 Å². The molecule has 1 aromatic rings. The van der Waals surface area contributed by atoms with Crippen molar-refractivity contribution in [1.29, 1.82) is 0 Å². The summed E-state index contributed by atoms with van der Waals surface area (Å²) in [5.41, 5.74) is 0.805. The highest BCUT2D eigenvalue weighted by Crippen LogP contribution is 2.06. The van der Waals surface area contributed by atoms with E-state index in [-0.39, 0.29) is 5.16 Å². The van der Waals surface area contributed by atoms with Crippen LogP contribution in [0.4, 0.5) is 0 Å². The molecular formula is C10H16N2O2S. The van der Waals surface area contributed by atoms with Gasteiger partial charge in [0.2, 0.25) is 15.0 Å². The lowest BCUT2D eigenvalue weighted by Gasteiger charge is -2.01. The van der Waals surface area contributed by atoms with E-state index in [1.165, 1.54) is 6.20 Å². The number of rotatable bonds is 5. The number of aromatic nitrogens is 2. The molecule has 0 amide bonds. The largest absolute Gasteiger partial charge is 0.246 e. The first-order valence-electron chi connectivity index (χ1n) is 5.06. The number of nitrogens with zero attached hydrogens (tertiary/aromatic N) is 2. The average Bonchev–Trinajstić information content (AvgIpc) is 2.17. The molecule has 15 heavy (non-hydrogen) atoms. The number of aryl methyl sites for hydroxylation is 1. The summed E-state index contributed by atoms with van der Waals surface area (Å²) in [6.07, 6.45) is 6.76.